The van der Waals surface area contributed by atoms with Gasteiger partial charge in [-0.3, -0.25) is 9.69 Å². The number of rotatable bonds is 4. The maximum atomic E-state index is 12.5. The van der Waals surface area contributed by atoms with Crippen molar-refractivity contribution < 1.29 is 4.79 Å². The van der Waals surface area contributed by atoms with Gasteiger partial charge in [0.2, 0.25) is 5.91 Å². The Kier molecular flexibility index (Phi) is 4.56. The van der Waals surface area contributed by atoms with E-state index >= 15 is 0 Å². The number of likely N-dealkylation sites (tertiary alicyclic amines) is 1. The molecule has 0 radical (unpaired) electrons. The van der Waals surface area contributed by atoms with E-state index in [1.54, 1.807) is 0 Å². The normalized spacial score (nSPS) is 23.6. The van der Waals surface area contributed by atoms with Crippen LogP contribution in [0.1, 0.15) is 36.8 Å². The van der Waals surface area contributed by atoms with Gasteiger partial charge in [0.05, 0.1) is 5.92 Å². The minimum atomic E-state index is -0.0549. The van der Waals surface area contributed by atoms with E-state index in [1.807, 2.05) is 12.1 Å². The van der Waals surface area contributed by atoms with Gasteiger partial charge in [0.15, 0.2) is 0 Å². The van der Waals surface area contributed by atoms with Crippen LogP contribution in [-0.4, -0.2) is 43.0 Å². The molecule has 0 bridgehead atoms. The molecule has 0 saturated carbocycles. The van der Waals surface area contributed by atoms with Crippen LogP contribution in [0.3, 0.4) is 0 Å². The molecule has 4 nitrogen and oxygen atoms in total. The first-order valence-electron chi connectivity index (χ1n) is 8.06. The second kappa shape index (κ2) is 6.58. The zero-order valence-corrected chi connectivity index (χ0v) is 12.8. The summed E-state index contributed by atoms with van der Waals surface area (Å²) in [5.74, 6) is 0.0985. The molecule has 2 aliphatic rings. The minimum absolute atomic E-state index is 0.0549. The average Bonchev–Trinajstić information content (AvgIpc) is 3.06. The monoisotopic (exact) mass is 287 g/mol. The van der Waals surface area contributed by atoms with Crippen LogP contribution in [0.25, 0.3) is 0 Å². The quantitative estimate of drug-likeness (QED) is 0.881. The number of hydrogen-bond acceptors (Lipinski definition) is 3. The molecule has 2 unspecified atom stereocenters. The third-order valence-electron chi connectivity index (χ3n) is 4.75. The lowest BCUT2D eigenvalue weighted by Gasteiger charge is -2.28. The van der Waals surface area contributed by atoms with Gasteiger partial charge >= 0.3 is 0 Å². The Morgan fingerprint density at radius 1 is 1.38 bits per heavy atom. The SMILES string of the molecule is CC(CNC(=O)C1CNCc2ccccc21)N1CCCC1. The van der Waals surface area contributed by atoms with Gasteiger partial charge in [-0.15, -0.1) is 0 Å². The highest BCUT2D eigenvalue weighted by molar-refractivity contribution is 5.84. The zero-order chi connectivity index (χ0) is 14.7. The van der Waals surface area contributed by atoms with Crippen molar-refractivity contribution in [1.82, 2.24) is 15.5 Å². The molecule has 2 N–H and O–H groups in total. The first kappa shape index (κ1) is 14.5. The highest BCUT2D eigenvalue weighted by Crippen LogP contribution is 2.23. The number of carbonyl (C=O) groups excluding carboxylic acids is 1. The number of carbonyl (C=O) groups is 1. The Balaban J connectivity index is 1.58. The Morgan fingerprint density at radius 2 is 2.14 bits per heavy atom. The number of nitrogens with one attached hydrogen (secondary N) is 2. The molecule has 1 saturated heterocycles. The molecule has 1 aromatic rings. The summed E-state index contributed by atoms with van der Waals surface area (Å²) in [6, 6.07) is 8.69. The average molecular weight is 287 g/mol. The number of hydrogen-bond donors (Lipinski definition) is 2. The Morgan fingerprint density at radius 3 is 2.95 bits per heavy atom. The van der Waals surface area contributed by atoms with Crippen LogP contribution in [0.15, 0.2) is 24.3 Å². The molecule has 3 rings (SSSR count). The van der Waals surface area contributed by atoms with Gasteiger partial charge in [-0.25, -0.2) is 0 Å². The fourth-order valence-corrected chi connectivity index (χ4v) is 3.41. The van der Waals surface area contributed by atoms with Gasteiger partial charge in [0.1, 0.15) is 0 Å². The van der Waals surface area contributed by atoms with Crippen molar-refractivity contribution in [1.29, 1.82) is 0 Å². The fraction of sp³-hybridized carbons (Fsp3) is 0.588. The molecule has 0 aromatic heterocycles. The summed E-state index contributed by atoms with van der Waals surface area (Å²) in [4.78, 5) is 15.0. The van der Waals surface area contributed by atoms with Crippen molar-refractivity contribution in [3.8, 4) is 0 Å². The van der Waals surface area contributed by atoms with Crippen molar-refractivity contribution in [3.63, 3.8) is 0 Å². The molecule has 2 aliphatic heterocycles. The molecule has 1 amide bonds. The van der Waals surface area contributed by atoms with Crippen molar-refractivity contribution in [2.45, 2.75) is 38.3 Å². The Labute approximate surface area is 126 Å². The zero-order valence-electron chi connectivity index (χ0n) is 12.8. The molecule has 4 heteroatoms. The molecule has 1 aromatic carbocycles. The van der Waals surface area contributed by atoms with Gasteiger partial charge in [-0.2, -0.15) is 0 Å². The van der Waals surface area contributed by atoms with E-state index in [0.717, 1.165) is 19.6 Å². The molecule has 21 heavy (non-hydrogen) atoms. The standard InChI is InChI=1S/C17H25N3O/c1-13(20-8-4-5-9-20)10-19-17(21)16-12-18-11-14-6-2-3-7-15(14)16/h2-3,6-7,13,16,18H,4-5,8-12H2,1H3,(H,19,21). The minimum Gasteiger partial charge on any atom is -0.354 e. The van der Waals surface area contributed by atoms with E-state index in [-0.39, 0.29) is 11.8 Å². The van der Waals surface area contributed by atoms with E-state index in [4.69, 9.17) is 0 Å². The van der Waals surface area contributed by atoms with Gasteiger partial charge in [0.25, 0.3) is 0 Å². The van der Waals surface area contributed by atoms with Gasteiger partial charge < -0.3 is 10.6 Å². The Bertz CT molecular complexity index is 497. The second-order valence-electron chi connectivity index (χ2n) is 6.22. The summed E-state index contributed by atoms with van der Waals surface area (Å²) in [5, 5.41) is 6.49. The fourth-order valence-electron chi connectivity index (χ4n) is 3.41. The third kappa shape index (κ3) is 3.27. The number of nitrogens with zero attached hydrogens (tertiary/aromatic N) is 1. The number of amides is 1. The van der Waals surface area contributed by atoms with E-state index in [9.17, 15) is 4.79 Å². The summed E-state index contributed by atoms with van der Waals surface area (Å²) in [7, 11) is 0. The maximum absolute atomic E-state index is 12.5. The maximum Gasteiger partial charge on any atom is 0.228 e. The van der Waals surface area contributed by atoms with E-state index in [0.29, 0.717) is 6.04 Å². The molecular formula is C17H25N3O. The molecule has 2 atom stereocenters. The highest BCUT2D eigenvalue weighted by Gasteiger charge is 2.26. The van der Waals surface area contributed by atoms with Crippen molar-refractivity contribution in [2.75, 3.05) is 26.2 Å². The van der Waals surface area contributed by atoms with Crippen molar-refractivity contribution in [2.24, 2.45) is 0 Å². The van der Waals surface area contributed by atoms with E-state index in [1.165, 1.54) is 37.1 Å². The molecule has 114 valence electrons. The van der Waals surface area contributed by atoms with Gasteiger partial charge in [0, 0.05) is 25.7 Å². The summed E-state index contributed by atoms with van der Waals surface area (Å²) in [6.45, 7) is 6.90. The van der Waals surface area contributed by atoms with Crippen LogP contribution in [-0.2, 0) is 11.3 Å². The molecule has 1 fully saturated rings. The van der Waals surface area contributed by atoms with Crippen LogP contribution in [0, 0.1) is 0 Å². The number of benzene rings is 1. The lowest BCUT2D eigenvalue weighted by Crippen LogP contribution is -2.44. The first-order valence-corrected chi connectivity index (χ1v) is 8.06. The summed E-state index contributed by atoms with van der Waals surface area (Å²) < 4.78 is 0. The summed E-state index contributed by atoms with van der Waals surface area (Å²) in [6.07, 6.45) is 2.58. The van der Waals surface area contributed by atoms with Crippen molar-refractivity contribution in [3.05, 3.63) is 35.4 Å². The lowest BCUT2D eigenvalue weighted by molar-refractivity contribution is -0.122. The van der Waals surface area contributed by atoms with E-state index < -0.39 is 0 Å². The summed E-state index contributed by atoms with van der Waals surface area (Å²) in [5.41, 5.74) is 2.43. The molecular weight excluding hydrogens is 262 g/mol. The lowest BCUT2D eigenvalue weighted by atomic mass is 9.90. The van der Waals surface area contributed by atoms with Crippen LogP contribution in [0.5, 0.6) is 0 Å². The smallest absolute Gasteiger partial charge is 0.228 e. The Hall–Kier alpha value is -1.39. The summed E-state index contributed by atoms with van der Waals surface area (Å²) >= 11 is 0. The van der Waals surface area contributed by atoms with Gasteiger partial charge in [-0.1, -0.05) is 24.3 Å². The van der Waals surface area contributed by atoms with Crippen LogP contribution in [0.4, 0.5) is 0 Å². The number of fused-ring (bicyclic) bond motifs is 1. The predicted molar refractivity (Wildman–Crippen MR) is 84.2 cm³/mol. The first-order chi connectivity index (χ1) is 10.3. The molecule has 0 spiro atoms. The topological polar surface area (TPSA) is 44.4 Å². The van der Waals surface area contributed by atoms with Crippen LogP contribution >= 0.6 is 0 Å². The third-order valence-corrected chi connectivity index (χ3v) is 4.75. The van der Waals surface area contributed by atoms with Gasteiger partial charge in [-0.05, 0) is 44.0 Å². The van der Waals surface area contributed by atoms with Crippen LogP contribution in [0.2, 0.25) is 0 Å². The second-order valence-corrected chi connectivity index (χ2v) is 6.22. The predicted octanol–water partition coefficient (Wildman–Crippen LogP) is 1.47. The molecule has 2 heterocycles. The largest absolute Gasteiger partial charge is 0.354 e. The van der Waals surface area contributed by atoms with E-state index in [2.05, 4.69) is 34.6 Å². The highest BCUT2D eigenvalue weighted by atomic mass is 16.1. The van der Waals surface area contributed by atoms with Crippen molar-refractivity contribution >= 4 is 5.91 Å². The van der Waals surface area contributed by atoms with Crippen LogP contribution < -0.4 is 10.6 Å². The molecule has 0 aliphatic carbocycles.